The van der Waals surface area contributed by atoms with Gasteiger partial charge in [-0.05, 0) is 60.7 Å². The molecule has 0 aliphatic carbocycles. The van der Waals surface area contributed by atoms with Crippen molar-refractivity contribution in [2.45, 2.75) is 32.0 Å². The van der Waals surface area contributed by atoms with Crippen LogP contribution in [0.5, 0.6) is 0 Å². The Morgan fingerprint density at radius 3 is 1.51 bits per heavy atom. The lowest BCUT2D eigenvalue weighted by Crippen LogP contribution is -2.51. The summed E-state index contributed by atoms with van der Waals surface area (Å²) in [4.78, 5) is 75.2. The lowest BCUT2D eigenvalue weighted by molar-refractivity contribution is -0.142. The Bertz CT molecular complexity index is 3300. The molecule has 5 aromatic heterocycles. The molecule has 9 rings (SSSR count). The van der Waals surface area contributed by atoms with E-state index < -0.39 is 45.6 Å². The number of pyridine rings is 2. The van der Waals surface area contributed by atoms with Crippen LogP contribution in [0.1, 0.15) is 32.4 Å². The second-order valence-corrected chi connectivity index (χ2v) is 19.1. The van der Waals surface area contributed by atoms with Gasteiger partial charge in [-0.25, -0.2) is 23.4 Å². The first-order valence-corrected chi connectivity index (χ1v) is 24.8. The van der Waals surface area contributed by atoms with Crippen LogP contribution >= 0.6 is 0 Å². The Morgan fingerprint density at radius 1 is 0.658 bits per heavy atom. The molecule has 2 fully saturated rings. The minimum absolute atomic E-state index is 0.0313. The average molecular weight is 1080 g/mol. The third kappa shape index (κ3) is 14.9. The van der Waals surface area contributed by atoms with E-state index >= 15 is 0 Å². The van der Waals surface area contributed by atoms with Gasteiger partial charge in [0.15, 0.2) is 0 Å². The molecule has 7 aromatic rings. The maximum atomic E-state index is 12.9. The van der Waals surface area contributed by atoms with Crippen molar-refractivity contribution in [2.75, 3.05) is 75.8 Å². The second-order valence-electron chi connectivity index (χ2n) is 17.1. The van der Waals surface area contributed by atoms with E-state index in [9.17, 15) is 53.9 Å². The molecule has 0 saturated carbocycles. The fourth-order valence-corrected chi connectivity index (χ4v) is 8.77. The number of nitrogens with one attached hydrogen (secondary N) is 2. The Balaban J connectivity index is 0.000000211. The Morgan fingerprint density at radius 2 is 1.11 bits per heavy atom. The summed E-state index contributed by atoms with van der Waals surface area (Å²) in [7, 11) is -3.30. The molecule has 76 heavy (non-hydrogen) atoms. The van der Waals surface area contributed by atoms with Gasteiger partial charge in [-0.2, -0.15) is 40.8 Å². The number of carboxylic acid groups (broad SMARTS) is 1. The summed E-state index contributed by atoms with van der Waals surface area (Å²) in [6.45, 7) is 5.44. The van der Waals surface area contributed by atoms with E-state index in [0.29, 0.717) is 46.3 Å². The van der Waals surface area contributed by atoms with Crippen molar-refractivity contribution in [2.24, 2.45) is 0 Å². The molecular formula is C47H48F6N14O8S. The van der Waals surface area contributed by atoms with Gasteiger partial charge in [0.25, 0.3) is 18.3 Å². The fraction of sp³-hybridized carbons (Fsp3) is 0.319. The number of rotatable bonds is 12. The van der Waals surface area contributed by atoms with E-state index in [1.165, 1.54) is 27.2 Å². The van der Waals surface area contributed by atoms with Crippen LogP contribution in [0, 0.1) is 0 Å². The van der Waals surface area contributed by atoms with E-state index in [-0.39, 0.29) is 68.9 Å². The van der Waals surface area contributed by atoms with Crippen LogP contribution in [0.4, 0.5) is 37.7 Å². The molecule has 3 N–H and O–H groups in total. The number of carbonyl (C=O) groups excluding carboxylic acids is 4. The van der Waals surface area contributed by atoms with Gasteiger partial charge in [0, 0.05) is 112 Å². The summed E-state index contributed by atoms with van der Waals surface area (Å²) in [5, 5.41) is 22.0. The topological polar surface area (TPSA) is 256 Å². The molecule has 7 heterocycles. The third-order valence-electron chi connectivity index (χ3n) is 11.8. The molecule has 402 valence electrons. The number of carbonyl (C=O) groups is 5. The molecule has 0 unspecified atom stereocenters. The number of piperazine rings is 2. The average Bonchev–Trinajstić information content (AvgIpc) is 4.16. The summed E-state index contributed by atoms with van der Waals surface area (Å²) in [6.07, 6.45) is 0.608. The van der Waals surface area contributed by atoms with E-state index in [4.69, 9.17) is 9.90 Å². The Kier molecular flexibility index (Phi) is 17.4. The fourth-order valence-electron chi connectivity index (χ4n) is 7.94. The molecule has 0 bridgehead atoms. The Hall–Kier alpha value is -8.31. The summed E-state index contributed by atoms with van der Waals surface area (Å²) >= 11 is 0. The highest BCUT2D eigenvalue weighted by molar-refractivity contribution is 7.88. The van der Waals surface area contributed by atoms with Crippen LogP contribution in [0.3, 0.4) is 0 Å². The van der Waals surface area contributed by atoms with Gasteiger partial charge >= 0.3 is 12.4 Å². The summed E-state index contributed by atoms with van der Waals surface area (Å²) < 4.78 is 107. The minimum Gasteiger partial charge on any atom is -0.483 e. The first kappa shape index (κ1) is 55.4. The molecule has 2 aliphatic rings. The molecule has 2 aliphatic heterocycles. The zero-order valence-electron chi connectivity index (χ0n) is 40.2. The number of amides is 4. The van der Waals surface area contributed by atoms with Gasteiger partial charge in [0.1, 0.15) is 35.9 Å². The van der Waals surface area contributed by atoms with Crippen molar-refractivity contribution in [1.29, 1.82) is 0 Å². The second kappa shape index (κ2) is 23.9. The highest BCUT2D eigenvalue weighted by Gasteiger charge is 2.34. The molecule has 0 atom stereocenters. The van der Waals surface area contributed by atoms with E-state index in [1.807, 2.05) is 15.7 Å². The minimum atomic E-state index is -4.66. The third-order valence-corrected chi connectivity index (χ3v) is 13.1. The summed E-state index contributed by atoms with van der Waals surface area (Å²) in [6, 6.07) is 15.9. The number of imidazole rings is 1. The highest BCUT2D eigenvalue weighted by atomic mass is 32.2. The van der Waals surface area contributed by atoms with Crippen molar-refractivity contribution < 1.29 is 63.8 Å². The molecule has 4 amide bonds. The number of hydrogen-bond acceptors (Lipinski definition) is 13. The number of sulfonamides is 1. The lowest BCUT2D eigenvalue weighted by atomic mass is 10.2. The zero-order valence-corrected chi connectivity index (χ0v) is 41.0. The van der Waals surface area contributed by atoms with Gasteiger partial charge in [-0.15, -0.1) is 0 Å². The SMILES string of the molecule is CS(=O)(=O)N1CCN(C(=O)Cn2cc3cc(NC(=O)c4cccc(C(F)(F)F)n4)ccc3n2)CC1.O=C(Nc1ccc2nn(CC(=O)N3CCN(CCn4ccnc4)CC3)cc2c1)c1cccc(C(F)(F)F)n1.O=CO. The molecular weight excluding hydrogens is 1030 g/mol. The number of anilines is 2. The number of nitrogens with zero attached hydrogens (tertiary/aromatic N) is 12. The van der Waals surface area contributed by atoms with E-state index in [1.54, 1.807) is 64.8 Å². The van der Waals surface area contributed by atoms with Gasteiger partial charge < -0.3 is 30.1 Å². The quantitative estimate of drug-likeness (QED) is 0.114. The maximum absolute atomic E-state index is 12.9. The van der Waals surface area contributed by atoms with Crippen molar-refractivity contribution in [3.8, 4) is 0 Å². The molecule has 2 saturated heterocycles. The predicted octanol–water partition coefficient (Wildman–Crippen LogP) is 4.25. The van der Waals surface area contributed by atoms with Crippen LogP contribution in [-0.4, -0.2) is 167 Å². The van der Waals surface area contributed by atoms with Crippen LogP contribution in [-0.2, 0) is 56.4 Å². The predicted molar refractivity (Wildman–Crippen MR) is 261 cm³/mol. The number of aromatic nitrogens is 8. The normalized spacial score (nSPS) is 14.6. The smallest absolute Gasteiger partial charge is 0.433 e. The van der Waals surface area contributed by atoms with Crippen molar-refractivity contribution in [3.05, 3.63) is 127 Å². The van der Waals surface area contributed by atoms with Crippen LogP contribution in [0.15, 0.2) is 104 Å². The molecule has 29 heteroatoms. The van der Waals surface area contributed by atoms with Gasteiger partial charge in [0.2, 0.25) is 21.8 Å². The van der Waals surface area contributed by atoms with Crippen LogP contribution in [0.25, 0.3) is 21.8 Å². The first-order chi connectivity index (χ1) is 36.1. The number of hydrogen-bond donors (Lipinski definition) is 3. The monoisotopic (exact) mass is 1080 g/mol. The molecule has 2 aromatic carbocycles. The summed E-state index contributed by atoms with van der Waals surface area (Å²) in [5.41, 5.74) is -1.15. The number of halogens is 6. The van der Waals surface area contributed by atoms with Gasteiger partial charge in [-0.3, -0.25) is 38.2 Å². The highest BCUT2D eigenvalue weighted by Crippen LogP contribution is 2.29. The molecule has 0 spiro atoms. The van der Waals surface area contributed by atoms with E-state index in [0.717, 1.165) is 56.7 Å². The van der Waals surface area contributed by atoms with Crippen molar-refractivity contribution >= 4 is 73.3 Å². The largest absolute Gasteiger partial charge is 0.483 e. The molecule has 0 radical (unpaired) electrons. The Labute approximate surface area is 428 Å². The van der Waals surface area contributed by atoms with Gasteiger partial charge in [0.05, 0.1) is 23.6 Å². The summed E-state index contributed by atoms with van der Waals surface area (Å²) in [5.74, 6) is -1.81. The number of fused-ring (bicyclic) bond motifs is 2. The van der Waals surface area contributed by atoms with Gasteiger partial charge in [-0.1, -0.05) is 12.1 Å². The van der Waals surface area contributed by atoms with E-state index in [2.05, 4.69) is 40.7 Å². The van der Waals surface area contributed by atoms with Crippen LogP contribution < -0.4 is 10.6 Å². The van der Waals surface area contributed by atoms with Crippen molar-refractivity contribution in [3.63, 3.8) is 0 Å². The number of alkyl halides is 6. The lowest BCUT2D eigenvalue weighted by Gasteiger charge is -2.34. The maximum Gasteiger partial charge on any atom is 0.433 e. The standard InChI is InChI=1S/C25H25F3N8O2.C21H21F3N6O4S.CH2O2/c26-25(27,28)22-3-1-2-21(31-22)24(38)30-19-4-5-20-18(14-19)15-36(32-20)16-23(37)35-12-10-33(11-13-35)8-9-34-7-6-29-17-34;1-35(33,34)30-9-7-28(8-10-30)19(31)13-29-12-14-11-15(5-6-16(14)27-29)25-20(32)17-3-2-4-18(26-17)21(22,23)24;2-1-3/h1-7,14-15,17H,8-13,16H2,(H,30,38);2-6,11-12H,7-10,13H2,1H3,(H,25,32);1H,(H,2,3). The zero-order chi connectivity index (χ0) is 54.8. The van der Waals surface area contributed by atoms with Crippen LogP contribution in [0.2, 0.25) is 0 Å². The molecule has 22 nitrogen and oxygen atoms in total. The number of benzene rings is 2. The van der Waals surface area contributed by atoms with Crippen molar-refractivity contribution in [1.82, 2.24) is 58.1 Å². The first-order valence-electron chi connectivity index (χ1n) is 23.0.